The molecule has 0 aromatic heterocycles. The normalized spacial score (nSPS) is 38.7. The van der Waals surface area contributed by atoms with Crippen molar-refractivity contribution >= 4 is 0 Å². The molecular weight excluding hydrogens is 244 g/mol. The fourth-order valence-corrected chi connectivity index (χ4v) is 2.82. The smallest absolute Gasteiger partial charge is 0.184 e. The van der Waals surface area contributed by atoms with Crippen molar-refractivity contribution in [1.82, 2.24) is 0 Å². The average molecular weight is 264 g/mol. The van der Waals surface area contributed by atoms with Gasteiger partial charge in [-0.15, -0.1) is 0 Å². The molecule has 2 saturated heterocycles. The van der Waals surface area contributed by atoms with Gasteiger partial charge in [0.15, 0.2) is 6.29 Å². The first kappa shape index (κ1) is 13.1. The minimum atomic E-state index is -0.325. The lowest BCUT2D eigenvalue weighted by atomic mass is 9.93. The van der Waals surface area contributed by atoms with E-state index in [1.165, 1.54) is 0 Å². The van der Waals surface area contributed by atoms with Gasteiger partial charge >= 0.3 is 0 Å². The van der Waals surface area contributed by atoms with Gasteiger partial charge in [-0.1, -0.05) is 37.3 Å². The zero-order chi connectivity index (χ0) is 13.2. The Bertz CT molecular complexity index is 408. The number of hydrogen-bond acceptors (Lipinski definition) is 4. The van der Waals surface area contributed by atoms with Gasteiger partial charge in [-0.25, -0.2) is 0 Å². The van der Waals surface area contributed by atoms with Gasteiger partial charge in [-0.3, -0.25) is 0 Å². The molecule has 0 aliphatic carbocycles. The van der Waals surface area contributed by atoms with Crippen LogP contribution in [-0.4, -0.2) is 38.6 Å². The van der Waals surface area contributed by atoms with Gasteiger partial charge in [0.2, 0.25) is 0 Å². The number of rotatable bonds is 2. The van der Waals surface area contributed by atoms with Crippen molar-refractivity contribution in [2.24, 2.45) is 5.92 Å². The van der Waals surface area contributed by atoms with Crippen LogP contribution in [0, 0.1) is 5.92 Å². The Labute approximate surface area is 113 Å². The third-order valence-electron chi connectivity index (χ3n) is 3.86. The van der Waals surface area contributed by atoms with E-state index < -0.39 is 0 Å². The van der Waals surface area contributed by atoms with Crippen LogP contribution in [0.3, 0.4) is 0 Å². The maximum atomic E-state index is 6.08. The molecule has 104 valence electrons. The molecular formula is C15H20O4. The van der Waals surface area contributed by atoms with Crippen molar-refractivity contribution in [3.8, 4) is 0 Å². The van der Waals surface area contributed by atoms with Gasteiger partial charge in [-0.2, -0.15) is 0 Å². The number of ether oxygens (including phenoxy) is 4. The van der Waals surface area contributed by atoms with E-state index in [1.807, 2.05) is 30.3 Å². The van der Waals surface area contributed by atoms with Gasteiger partial charge in [-0.05, 0) is 0 Å². The fourth-order valence-electron chi connectivity index (χ4n) is 2.82. The molecule has 5 atom stereocenters. The summed E-state index contributed by atoms with van der Waals surface area (Å²) in [5, 5.41) is 0. The Morgan fingerprint density at radius 1 is 1.11 bits per heavy atom. The highest BCUT2D eigenvalue weighted by atomic mass is 16.7. The van der Waals surface area contributed by atoms with Gasteiger partial charge < -0.3 is 18.9 Å². The molecule has 4 heteroatoms. The zero-order valence-corrected chi connectivity index (χ0v) is 11.3. The van der Waals surface area contributed by atoms with Crippen LogP contribution in [0.1, 0.15) is 18.8 Å². The standard InChI is InChI=1S/C15H20O4/c1-10-8-17-12-9-18-15(11-6-4-3-5-7-11)19-14(12)13(10)16-2/h3-7,10,12-15H,8-9H2,1-2H3/t10-,12-,13-,14-,15?/m0/s1. The molecule has 4 nitrogen and oxygen atoms in total. The second-order valence-corrected chi connectivity index (χ2v) is 5.23. The van der Waals surface area contributed by atoms with Gasteiger partial charge in [0.05, 0.1) is 19.3 Å². The van der Waals surface area contributed by atoms with E-state index in [-0.39, 0.29) is 24.6 Å². The highest BCUT2D eigenvalue weighted by Crippen LogP contribution is 2.34. The topological polar surface area (TPSA) is 36.9 Å². The van der Waals surface area contributed by atoms with Crippen LogP contribution >= 0.6 is 0 Å². The molecule has 0 saturated carbocycles. The predicted molar refractivity (Wildman–Crippen MR) is 69.7 cm³/mol. The molecule has 1 unspecified atom stereocenters. The minimum absolute atomic E-state index is 0.0267. The van der Waals surface area contributed by atoms with Crippen molar-refractivity contribution in [3.63, 3.8) is 0 Å². The van der Waals surface area contributed by atoms with Crippen molar-refractivity contribution in [2.45, 2.75) is 31.5 Å². The van der Waals surface area contributed by atoms with Crippen molar-refractivity contribution < 1.29 is 18.9 Å². The summed E-state index contributed by atoms with van der Waals surface area (Å²) < 4.78 is 23.2. The molecule has 0 radical (unpaired) electrons. The molecule has 1 aromatic rings. The lowest BCUT2D eigenvalue weighted by Gasteiger charge is -2.45. The van der Waals surface area contributed by atoms with Crippen LogP contribution in [-0.2, 0) is 18.9 Å². The summed E-state index contributed by atoms with van der Waals surface area (Å²) in [6.45, 7) is 3.37. The summed E-state index contributed by atoms with van der Waals surface area (Å²) in [6.07, 6.45) is -0.350. The number of hydrogen-bond donors (Lipinski definition) is 0. The number of methoxy groups -OCH3 is 1. The quantitative estimate of drug-likeness (QED) is 0.820. The highest BCUT2D eigenvalue weighted by Gasteiger charge is 2.44. The maximum Gasteiger partial charge on any atom is 0.184 e. The molecule has 2 aliphatic heterocycles. The predicted octanol–water partition coefficient (Wildman–Crippen LogP) is 2.15. The molecule has 0 spiro atoms. The molecule has 0 N–H and O–H groups in total. The average Bonchev–Trinajstić information content (AvgIpc) is 2.47. The lowest BCUT2D eigenvalue weighted by molar-refractivity contribution is -0.310. The monoisotopic (exact) mass is 264 g/mol. The van der Waals surface area contributed by atoms with E-state index in [9.17, 15) is 0 Å². The van der Waals surface area contributed by atoms with Gasteiger partial charge in [0, 0.05) is 18.6 Å². The molecule has 19 heavy (non-hydrogen) atoms. The number of fused-ring (bicyclic) bond motifs is 1. The Balaban J connectivity index is 1.76. The van der Waals surface area contributed by atoms with Gasteiger partial charge in [0.25, 0.3) is 0 Å². The fraction of sp³-hybridized carbons (Fsp3) is 0.600. The Morgan fingerprint density at radius 2 is 1.89 bits per heavy atom. The Kier molecular flexibility index (Phi) is 3.84. The van der Waals surface area contributed by atoms with E-state index in [0.29, 0.717) is 19.1 Å². The third-order valence-corrected chi connectivity index (χ3v) is 3.86. The summed E-state index contributed by atoms with van der Waals surface area (Å²) in [4.78, 5) is 0. The lowest BCUT2D eigenvalue weighted by Crippen LogP contribution is -2.56. The van der Waals surface area contributed by atoms with E-state index in [2.05, 4.69) is 6.92 Å². The summed E-state index contributed by atoms with van der Waals surface area (Å²) in [5.74, 6) is 0.334. The summed E-state index contributed by atoms with van der Waals surface area (Å²) in [6, 6.07) is 9.99. The van der Waals surface area contributed by atoms with Crippen molar-refractivity contribution in [2.75, 3.05) is 20.3 Å². The molecule has 0 amide bonds. The van der Waals surface area contributed by atoms with Crippen LogP contribution in [0.25, 0.3) is 0 Å². The first-order valence-corrected chi connectivity index (χ1v) is 6.76. The van der Waals surface area contributed by atoms with Crippen LogP contribution in [0.5, 0.6) is 0 Å². The third kappa shape index (κ3) is 2.54. The maximum absolute atomic E-state index is 6.08. The van der Waals surface area contributed by atoms with Crippen LogP contribution in [0.4, 0.5) is 0 Å². The first-order chi connectivity index (χ1) is 9.29. The van der Waals surface area contributed by atoms with E-state index in [0.717, 1.165) is 5.56 Å². The summed E-state index contributed by atoms with van der Waals surface area (Å²) in [7, 11) is 1.74. The summed E-state index contributed by atoms with van der Waals surface area (Å²) >= 11 is 0. The van der Waals surface area contributed by atoms with Crippen molar-refractivity contribution in [3.05, 3.63) is 35.9 Å². The van der Waals surface area contributed by atoms with Crippen LogP contribution in [0.15, 0.2) is 30.3 Å². The Morgan fingerprint density at radius 3 is 2.63 bits per heavy atom. The molecule has 2 aliphatic rings. The largest absolute Gasteiger partial charge is 0.378 e. The summed E-state index contributed by atoms with van der Waals surface area (Å²) in [5.41, 5.74) is 1.04. The second-order valence-electron chi connectivity index (χ2n) is 5.23. The van der Waals surface area contributed by atoms with Gasteiger partial charge in [0.1, 0.15) is 12.2 Å². The Hall–Kier alpha value is -0.940. The molecule has 2 heterocycles. The number of benzene rings is 1. The highest BCUT2D eigenvalue weighted by molar-refractivity contribution is 5.16. The van der Waals surface area contributed by atoms with Crippen LogP contribution in [0.2, 0.25) is 0 Å². The van der Waals surface area contributed by atoms with E-state index in [4.69, 9.17) is 18.9 Å². The van der Waals surface area contributed by atoms with Crippen molar-refractivity contribution in [1.29, 1.82) is 0 Å². The van der Waals surface area contributed by atoms with E-state index in [1.54, 1.807) is 7.11 Å². The second kappa shape index (κ2) is 5.59. The van der Waals surface area contributed by atoms with E-state index >= 15 is 0 Å². The SMILES string of the molecule is CO[C@@H]1[C@H]2OC(c3ccccc3)OC[C@@H]2OC[C@@H]1C. The zero-order valence-electron chi connectivity index (χ0n) is 11.3. The molecule has 3 rings (SSSR count). The molecule has 0 bridgehead atoms. The minimum Gasteiger partial charge on any atom is -0.378 e. The molecule has 1 aromatic carbocycles. The molecule has 2 fully saturated rings. The first-order valence-electron chi connectivity index (χ1n) is 6.76. The van der Waals surface area contributed by atoms with Crippen LogP contribution < -0.4 is 0 Å².